The second-order valence-electron chi connectivity index (χ2n) is 9.28. The van der Waals surface area contributed by atoms with Gasteiger partial charge in [-0.25, -0.2) is 4.98 Å². The fourth-order valence-corrected chi connectivity index (χ4v) is 4.48. The van der Waals surface area contributed by atoms with Gasteiger partial charge in [-0.15, -0.1) is 0 Å². The van der Waals surface area contributed by atoms with Gasteiger partial charge >= 0.3 is 0 Å². The molecule has 1 heterocycles. The molecule has 0 amide bonds. The first-order chi connectivity index (χ1) is 18.8. The van der Waals surface area contributed by atoms with Gasteiger partial charge in [0.1, 0.15) is 0 Å². The second kappa shape index (κ2) is 13.1. The van der Waals surface area contributed by atoms with E-state index in [4.69, 9.17) is 15.0 Å². The van der Waals surface area contributed by atoms with Crippen molar-refractivity contribution in [2.75, 3.05) is 0 Å². The maximum Gasteiger partial charge on any atom is 0.0816 e. The Balaban J connectivity index is 1.36. The molecule has 0 aliphatic heterocycles. The standard InChI is InChI=1S/C35H31N3/c1-5-14-28(15-6-1)24-34(30-18-9-3-10-19-30)36-26-32-22-13-23-33(38-32)27-37-35(31-20-11-4-12-21-31)25-29-16-7-2-8-17-29/h1-23,26-27,34-35H,24-25H2/t34-,35-/m1/s1. The molecule has 0 saturated heterocycles. The number of aromatic nitrogens is 1. The van der Waals surface area contributed by atoms with Crippen molar-refractivity contribution in [1.82, 2.24) is 4.98 Å². The van der Waals surface area contributed by atoms with Crippen LogP contribution in [0.4, 0.5) is 0 Å². The third-order valence-electron chi connectivity index (χ3n) is 6.48. The lowest BCUT2D eigenvalue weighted by Crippen LogP contribution is -2.03. The average molecular weight is 494 g/mol. The van der Waals surface area contributed by atoms with E-state index in [1.54, 1.807) is 0 Å². The summed E-state index contributed by atoms with van der Waals surface area (Å²) in [4.78, 5) is 14.8. The SMILES string of the molecule is C(=N[C@H](Cc1ccccc1)c1ccccc1)c1cccc(C=N[C@H](Cc2ccccc2)c2ccccc2)n1. The lowest BCUT2D eigenvalue weighted by atomic mass is 9.99. The van der Waals surface area contributed by atoms with E-state index in [1.807, 2.05) is 54.9 Å². The largest absolute Gasteiger partial charge is 0.283 e. The van der Waals surface area contributed by atoms with E-state index < -0.39 is 0 Å². The minimum absolute atomic E-state index is 0.0195. The molecule has 38 heavy (non-hydrogen) atoms. The van der Waals surface area contributed by atoms with Crippen molar-refractivity contribution in [3.8, 4) is 0 Å². The third kappa shape index (κ3) is 7.21. The predicted octanol–water partition coefficient (Wildman–Crippen LogP) is 7.89. The van der Waals surface area contributed by atoms with Crippen LogP contribution in [0.2, 0.25) is 0 Å². The molecule has 0 fully saturated rings. The van der Waals surface area contributed by atoms with E-state index in [0.717, 1.165) is 24.2 Å². The van der Waals surface area contributed by atoms with Crippen LogP contribution in [0.25, 0.3) is 0 Å². The molecule has 0 aliphatic rings. The Morgan fingerprint density at radius 3 is 1.21 bits per heavy atom. The maximum atomic E-state index is 4.97. The highest BCUT2D eigenvalue weighted by atomic mass is 14.8. The molecule has 2 atom stereocenters. The molecule has 0 spiro atoms. The average Bonchev–Trinajstić information content (AvgIpc) is 2.99. The molecule has 1 aromatic heterocycles. The highest BCUT2D eigenvalue weighted by molar-refractivity contribution is 5.82. The molecule has 0 unspecified atom stereocenters. The topological polar surface area (TPSA) is 37.6 Å². The molecule has 0 N–H and O–H groups in total. The van der Waals surface area contributed by atoms with Gasteiger partial charge in [-0.3, -0.25) is 9.98 Å². The van der Waals surface area contributed by atoms with Gasteiger partial charge in [-0.2, -0.15) is 0 Å². The van der Waals surface area contributed by atoms with Crippen LogP contribution in [-0.4, -0.2) is 17.4 Å². The maximum absolute atomic E-state index is 4.97. The lowest BCUT2D eigenvalue weighted by Gasteiger charge is -2.13. The molecular formula is C35H31N3. The van der Waals surface area contributed by atoms with Gasteiger partial charge < -0.3 is 0 Å². The zero-order valence-corrected chi connectivity index (χ0v) is 21.3. The van der Waals surface area contributed by atoms with Crippen LogP contribution < -0.4 is 0 Å². The molecule has 0 radical (unpaired) electrons. The number of benzene rings is 4. The van der Waals surface area contributed by atoms with E-state index in [0.29, 0.717) is 0 Å². The van der Waals surface area contributed by atoms with Crippen molar-refractivity contribution in [3.63, 3.8) is 0 Å². The molecule has 3 nitrogen and oxygen atoms in total. The summed E-state index contributed by atoms with van der Waals surface area (Å²) in [5.74, 6) is 0. The molecule has 0 aliphatic carbocycles. The first-order valence-electron chi connectivity index (χ1n) is 13.0. The summed E-state index contributed by atoms with van der Waals surface area (Å²) in [6.07, 6.45) is 5.44. The van der Waals surface area contributed by atoms with Crippen molar-refractivity contribution in [3.05, 3.63) is 173 Å². The molecule has 0 saturated carbocycles. The van der Waals surface area contributed by atoms with E-state index in [2.05, 4.69) is 97.1 Å². The molecule has 3 heteroatoms. The highest BCUT2D eigenvalue weighted by Crippen LogP contribution is 2.23. The summed E-state index contributed by atoms with van der Waals surface area (Å²) in [6, 6.07) is 47.9. The zero-order chi connectivity index (χ0) is 25.8. The van der Waals surface area contributed by atoms with Crippen molar-refractivity contribution >= 4 is 12.4 Å². The quantitative estimate of drug-likeness (QED) is 0.182. The lowest BCUT2D eigenvalue weighted by molar-refractivity contribution is 0.727. The first-order valence-corrected chi connectivity index (χ1v) is 13.0. The fraction of sp³-hybridized carbons (Fsp3) is 0.114. The summed E-state index contributed by atoms with van der Waals surface area (Å²) < 4.78 is 0. The molecule has 5 rings (SSSR count). The number of hydrogen-bond acceptors (Lipinski definition) is 3. The molecule has 5 aromatic rings. The minimum atomic E-state index is 0.0195. The van der Waals surface area contributed by atoms with E-state index in [9.17, 15) is 0 Å². The van der Waals surface area contributed by atoms with Crippen LogP contribution in [0.15, 0.2) is 150 Å². The Morgan fingerprint density at radius 2 is 0.816 bits per heavy atom. The van der Waals surface area contributed by atoms with Crippen LogP contribution in [0, 0.1) is 0 Å². The Kier molecular flexibility index (Phi) is 8.61. The summed E-state index contributed by atoms with van der Waals surface area (Å²) in [6.45, 7) is 0. The number of aliphatic imine (C=N–C) groups is 2. The first kappa shape index (κ1) is 25.0. The summed E-state index contributed by atoms with van der Waals surface area (Å²) >= 11 is 0. The van der Waals surface area contributed by atoms with Crippen LogP contribution >= 0.6 is 0 Å². The smallest absolute Gasteiger partial charge is 0.0816 e. The van der Waals surface area contributed by atoms with Crippen LogP contribution in [0.5, 0.6) is 0 Å². The summed E-state index contributed by atoms with van der Waals surface area (Å²) in [7, 11) is 0. The van der Waals surface area contributed by atoms with E-state index in [1.165, 1.54) is 22.3 Å². The van der Waals surface area contributed by atoms with E-state index in [-0.39, 0.29) is 12.1 Å². The van der Waals surface area contributed by atoms with Gasteiger partial charge in [0, 0.05) is 12.4 Å². The predicted molar refractivity (Wildman–Crippen MR) is 158 cm³/mol. The monoisotopic (exact) mass is 493 g/mol. The van der Waals surface area contributed by atoms with Crippen molar-refractivity contribution in [1.29, 1.82) is 0 Å². The van der Waals surface area contributed by atoms with Crippen LogP contribution in [0.3, 0.4) is 0 Å². The highest BCUT2D eigenvalue weighted by Gasteiger charge is 2.11. The zero-order valence-electron chi connectivity index (χ0n) is 21.3. The molecule has 0 bridgehead atoms. The van der Waals surface area contributed by atoms with Gasteiger partial charge in [0.25, 0.3) is 0 Å². The number of rotatable bonds is 10. The molecule has 4 aromatic carbocycles. The number of pyridine rings is 1. The van der Waals surface area contributed by atoms with E-state index >= 15 is 0 Å². The van der Waals surface area contributed by atoms with Gasteiger partial charge in [-0.1, -0.05) is 127 Å². The van der Waals surface area contributed by atoms with Crippen molar-refractivity contribution in [2.45, 2.75) is 24.9 Å². The van der Waals surface area contributed by atoms with Gasteiger partial charge in [0.05, 0.1) is 23.5 Å². The van der Waals surface area contributed by atoms with Gasteiger partial charge in [0.2, 0.25) is 0 Å². The summed E-state index contributed by atoms with van der Waals surface area (Å²) in [5, 5.41) is 0. The second-order valence-corrected chi connectivity index (χ2v) is 9.28. The number of nitrogens with zero attached hydrogens (tertiary/aromatic N) is 3. The Hall–Kier alpha value is -4.63. The Labute approximate surface area is 225 Å². The minimum Gasteiger partial charge on any atom is -0.283 e. The third-order valence-corrected chi connectivity index (χ3v) is 6.48. The number of hydrogen-bond donors (Lipinski definition) is 0. The van der Waals surface area contributed by atoms with Crippen LogP contribution in [-0.2, 0) is 12.8 Å². The van der Waals surface area contributed by atoms with Gasteiger partial charge in [0.15, 0.2) is 0 Å². The van der Waals surface area contributed by atoms with Crippen LogP contribution in [0.1, 0.15) is 45.7 Å². The summed E-state index contributed by atoms with van der Waals surface area (Å²) in [5.41, 5.74) is 6.55. The Bertz CT molecular complexity index is 1340. The van der Waals surface area contributed by atoms with Crippen molar-refractivity contribution in [2.24, 2.45) is 9.98 Å². The molecule has 186 valence electrons. The fourth-order valence-electron chi connectivity index (χ4n) is 4.48. The Morgan fingerprint density at radius 1 is 0.447 bits per heavy atom. The van der Waals surface area contributed by atoms with Crippen molar-refractivity contribution < 1.29 is 0 Å². The normalized spacial score (nSPS) is 13.1. The van der Waals surface area contributed by atoms with Gasteiger partial charge in [-0.05, 0) is 47.2 Å². The molecular weight excluding hydrogens is 462 g/mol.